The van der Waals surface area contributed by atoms with Crippen molar-refractivity contribution in [1.29, 1.82) is 0 Å². The highest BCUT2D eigenvalue weighted by Gasteiger charge is 2.17. The van der Waals surface area contributed by atoms with Gasteiger partial charge < -0.3 is 5.32 Å². The molecule has 1 fully saturated rings. The molecule has 1 aliphatic heterocycles. The highest BCUT2D eigenvalue weighted by Crippen LogP contribution is 2.26. The van der Waals surface area contributed by atoms with E-state index in [1.807, 2.05) is 18.2 Å². The number of nitrogens with one attached hydrogen (secondary N) is 1. The van der Waals surface area contributed by atoms with Crippen LogP contribution in [0.5, 0.6) is 0 Å². The van der Waals surface area contributed by atoms with Gasteiger partial charge >= 0.3 is 0 Å². The van der Waals surface area contributed by atoms with E-state index in [0.29, 0.717) is 6.54 Å². The minimum Gasteiger partial charge on any atom is -0.348 e. The average molecular weight is 377 g/mol. The van der Waals surface area contributed by atoms with Crippen molar-refractivity contribution in [1.82, 2.24) is 15.2 Å². The van der Waals surface area contributed by atoms with Gasteiger partial charge in [0.15, 0.2) is 0 Å². The summed E-state index contributed by atoms with van der Waals surface area (Å²) in [5, 5.41) is 2.89. The summed E-state index contributed by atoms with van der Waals surface area (Å²) in [5.74, 6) is -3.00. The third kappa shape index (κ3) is 5.02. The van der Waals surface area contributed by atoms with E-state index in [-0.39, 0.29) is 22.4 Å². The van der Waals surface area contributed by atoms with E-state index >= 15 is 0 Å². The maximum Gasteiger partial charge on any atom is 0.290 e. The molecule has 0 bridgehead atoms. The Morgan fingerprint density at radius 3 is 2.62 bits per heavy atom. The number of hydrogen-bond acceptors (Lipinski definition) is 4. The van der Waals surface area contributed by atoms with Gasteiger partial charge in [-0.1, -0.05) is 24.3 Å². The molecular weight excluding hydrogens is 356 g/mol. The first-order valence-electron chi connectivity index (χ1n) is 8.60. The molecule has 1 amide bonds. The lowest BCUT2D eigenvalue weighted by Gasteiger charge is -2.18. The van der Waals surface area contributed by atoms with Crippen LogP contribution < -0.4 is 5.32 Å². The average Bonchev–Trinajstić information content (AvgIpc) is 3.14. The fourth-order valence-electron chi connectivity index (χ4n) is 3.08. The monoisotopic (exact) mass is 377 g/mol. The molecule has 1 aromatic heterocycles. The zero-order chi connectivity index (χ0) is 18.4. The Balaban J connectivity index is 1.67. The quantitative estimate of drug-likeness (QED) is 0.743. The summed E-state index contributed by atoms with van der Waals surface area (Å²) in [6, 6.07) is 11.1. The van der Waals surface area contributed by atoms with Crippen LogP contribution in [-0.2, 0) is 13.1 Å². The van der Waals surface area contributed by atoms with Crippen molar-refractivity contribution in [3.8, 4) is 0 Å². The minimum absolute atomic E-state index is 0.0466. The van der Waals surface area contributed by atoms with Gasteiger partial charge in [0.05, 0.1) is 5.56 Å². The zero-order valence-electron chi connectivity index (χ0n) is 14.3. The van der Waals surface area contributed by atoms with Gasteiger partial charge in [-0.25, -0.2) is 4.98 Å². The van der Waals surface area contributed by atoms with Crippen molar-refractivity contribution in [2.75, 3.05) is 13.1 Å². The maximum absolute atomic E-state index is 12.6. The second kappa shape index (κ2) is 9.09. The molecule has 0 radical (unpaired) electrons. The van der Waals surface area contributed by atoms with E-state index < -0.39 is 11.7 Å². The molecule has 4 nitrogen and oxygen atoms in total. The van der Waals surface area contributed by atoms with Gasteiger partial charge in [-0.3, -0.25) is 9.69 Å². The second-order valence-corrected chi connectivity index (χ2v) is 7.15. The number of pyridine rings is 1. The number of likely N-dealkylation sites (tertiary alicyclic amines) is 1. The third-order valence-corrected chi connectivity index (χ3v) is 5.09. The van der Waals surface area contributed by atoms with Crippen LogP contribution in [0.4, 0.5) is 8.78 Å². The number of amides is 1. The number of nitrogens with zero attached hydrogens (tertiary/aromatic N) is 2. The van der Waals surface area contributed by atoms with Crippen LogP contribution in [-0.4, -0.2) is 34.6 Å². The second-order valence-electron chi connectivity index (χ2n) is 6.17. The molecule has 1 aromatic carbocycles. The third-order valence-electron chi connectivity index (χ3n) is 4.37. The molecule has 0 aliphatic carbocycles. The first kappa shape index (κ1) is 18.8. The minimum atomic E-state index is -2.61. The largest absolute Gasteiger partial charge is 0.348 e. The fourth-order valence-corrected chi connectivity index (χ4v) is 3.66. The predicted molar refractivity (Wildman–Crippen MR) is 98.2 cm³/mol. The molecule has 1 saturated heterocycles. The van der Waals surface area contributed by atoms with Crippen molar-refractivity contribution in [2.24, 2.45) is 0 Å². The molecule has 138 valence electrons. The summed E-state index contributed by atoms with van der Waals surface area (Å²) in [5.41, 5.74) is 2.40. The van der Waals surface area contributed by atoms with E-state index in [0.717, 1.165) is 25.2 Å². The van der Waals surface area contributed by atoms with Crippen LogP contribution in [0.2, 0.25) is 0 Å². The van der Waals surface area contributed by atoms with E-state index in [9.17, 15) is 13.6 Å². The van der Waals surface area contributed by atoms with E-state index in [1.54, 1.807) is 6.07 Å². The number of benzene rings is 1. The van der Waals surface area contributed by atoms with Gasteiger partial charge in [0.25, 0.3) is 11.7 Å². The number of hydrogen-bond donors (Lipinski definition) is 1. The summed E-state index contributed by atoms with van der Waals surface area (Å²) in [6.07, 6.45) is 3.86. The molecule has 1 N–H and O–H groups in total. The Morgan fingerprint density at radius 1 is 1.15 bits per heavy atom. The Bertz CT molecular complexity index is 751. The van der Waals surface area contributed by atoms with Crippen LogP contribution in [0.15, 0.2) is 47.6 Å². The van der Waals surface area contributed by atoms with Crippen molar-refractivity contribution in [3.63, 3.8) is 0 Å². The molecule has 3 rings (SSSR count). The summed E-state index contributed by atoms with van der Waals surface area (Å²) in [6.45, 7) is 3.43. The first-order valence-corrected chi connectivity index (χ1v) is 9.48. The zero-order valence-corrected chi connectivity index (χ0v) is 15.1. The molecule has 0 saturated carbocycles. The predicted octanol–water partition coefficient (Wildman–Crippen LogP) is 3.92. The number of thioether (sulfide) groups is 1. The van der Waals surface area contributed by atoms with Crippen molar-refractivity contribution >= 4 is 17.7 Å². The smallest absolute Gasteiger partial charge is 0.290 e. The summed E-state index contributed by atoms with van der Waals surface area (Å²) < 4.78 is 25.3. The van der Waals surface area contributed by atoms with Crippen LogP contribution in [0.25, 0.3) is 0 Å². The highest BCUT2D eigenvalue weighted by molar-refractivity contribution is 7.99. The molecule has 2 heterocycles. The van der Waals surface area contributed by atoms with Crippen LogP contribution in [0.1, 0.15) is 34.3 Å². The lowest BCUT2D eigenvalue weighted by Crippen LogP contribution is -2.25. The molecule has 2 aromatic rings. The van der Waals surface area contributed by atoms with Crippen molar-refractivity contribution < 1.29 is 13.6 Å². The van der Waals surface area contributed by atoms with E-state index in [4.69, 9.17) is 0 Å². The van der Waals surface area contributed by atoms with Gasteiger partial charge in [-0.2, -0.15) is 8.78 Å². The number of aromatic nitrogens is 1. The van der Waals surface area contributed by atoms with Crippen LogP contribution >= 0.6 is 11.8 Å². The number of rotatable bonds is 7. The Hall–Kier alpha value is -1.99. The molecule has 26 heavy (non-hydrogen) atoms. The number of halogens is 2. The maximum atomic E-state index is 12.6. The summed E-state index contributed by atoms with van der Waals surface area (Å²) in [4.78, 5) is 18.8. The molecular formula is C19H21F2N3OS. The fraction of sp³-hybridized carbons (Fsp3) is 0.368. The summed E-state index contributed by atoms with van der Waals surface area (Å²) >= 11 is 0.288. The lowest BCUT2D eigenvalue weighted by molar-refractivity contribution is 0.0947. The lowest BCUT2D eigenvalue weighted by atomic mass is 10.1. The Kier molecular flexibility index (Phi) is 6.57. The number of carbonyl (C=O) groups is 1. The Morgan fingerprint density at radius 2 is 1.88 bits per heavy atom. The molecule has 7 heteroatoms. The standard InChI is InChI=1S/C19H21F2N3OS/c20-19(21)26-18-16(8-5-9-22-18)17(25)23-12-14-6-1-2-7-15(14)13-24-10-3-4-11-24/h1-2,5-9,19H,3-4,10-13H2,(H,23,25). The van der Waals surface area contributed by atoms with Crippen LogP contribution in [0, 0.1) is 0 Å². The van der Waals surface area contributed by atoms with Crippen LogP contribution in [0.3, 0.4) is 0 Å². The number of carbonyl (C=O) groups excluding carboxylic acids is 1. The summed E-state index contributed by atoms with van der Waals surface area (Å²) in [7, 11) is 0. The topological polar surface area (TPSA) is 45.2 Å². The normalized spacial score (nSPS) is 14.7. The van der Waals surface area contributed by atoms with Gasteiger partial charge in [0, 0.05) is 19.3 Å². The van der Waals surface area contributed by atoms with E-state index in [2.05, 4.69) is 21.3 Å². The Labute approximate surface area is 156 Å². The highest BCUT2D eigenvalue weighted by atomic mass is 32.2. The van der Waals surface area contributed by atoms with Gasteiger partial charge in [0.1, 0.15) is 5.03 Å². The number of alkyl halides is 2. The molecule has 1 aliphatic rings. The van der Waals surface area contributed by atoms with Gasteiger partial charge in [-0.15, -0.1) is 0 Å². The SMILES string of the molecule is O=C(NCc1ccccc1CN1CCCC1)c1cccnc1SC(F)F. The van der Waals surface area contributed by atoms with Gasteiger partial charge in [0.2, 0.25) is 0 Å². The van der Waals surface area contributed by atoms with Gasteiger partial charge in [-0.05, 0) is 61.0 Å². The van der Waals surface area contributed by atoms with Crippen molar-refractivity contribution in [3.05, 3.63) is 59.3 Å². The molecule has 0 spiro atoms. The molecule has 0 unspecified atom stereocenters. The molecule has 0 atom stereocenters. The first-order chi connectivity index (χ1) is 12.6. The van der Waals surface area contributed by atoms with E-state index in [1.165, 1.54) is 30.7 Å². The van der Waals surface area contributed by atoms with Crippen molar-refractivity contribution in [2.45, 2.75) is 36.7 Å².